The summed E-state index contributed by atoms with van der Waals surface area (Å²) in [6.45, 7) is 0. The van der Waals surface area contributed by atoms with Gasteiger partial charge in [0.2, 0.25) is 0 Å². The van der Waals surface area contributed by atoms with Crippen LogP contribution in [0.25, 0.3) is 11.3 Å². The summed E-state index contributed by atoms with van der Waals surface area (Å²) in [4.78, 5) is 0. The fraction of sp³-hybridized carbons (Fsp3) is 0.250. The molecule has 0 radical (unpaired) electrons. The van der Waals surface area contributed by atoms with Crippen molar-refractivity contribution >= 4 is 17.4 Å². The lowest BCUT2D eigenvalue weighted by Gasteiger charge is -2.00. The number of nitrogens with zero attached hydrogens (tertiary/aromatic N) is 1. The molecule has 17 heavy (non-hydrogen) atoms. The van der Waals surface area contributed by atoms with E-state index in [1.54, 1.807) is 6.07 Å². The predicted molar refractivity (Wildman–Crippen MR) is 65.6 cm³/mol. The van der Waals surface area contributed by atoms with Crippen molar-refractivity contribution < 1.29 is 4.39 Å². The molecule has 1 fully saturated rings. The van der Waals surface area contributed by atoms with Gasteiger partial charge < -0.3 is 5.32 Å². The maximum atomic E-state index is 12.9. The Bertz CT molecular complexity index is 548. The third-order valence-electron chi connectivity index (χ3n) is 2.73. The average molecular weight is 252 g/mol. The second-order valence-electron chi connectivity index (χ2n) is 4.21. The van der Waals surface area contributed by atoms with Crippen LogP contribution in [0.1, 0.15) is 12.8 Å². The zero-order valence-corrected chi connectivity index (χ0v) is 9.76. The van der Waals surface area contributed by atoms with E-state index in [4.69, 9.17) is 11.6 Å². The third kappa shape index (κ3) is 2.26. The average Bonchev–Trinajstić information content (AvgIpc) is 2.96. The number of nitrogens with one attached hydrogen (secondary N) is 2. The van der Waals surface area contributed by atoms with Gasteiger partial charge in [0.25, 0.3) is 0 Å². The zero-order chi connectivity index (χ0) is 11.8. The van der Waals surface area contributed by atoms with Crippen LogP contribution in [0.2, 0.25) is 5.02 Å². The zero-order valence-electron chi connectivity index (χ0n) is 9.00. The number of hydrogen-bond acceptors (Lipinski definition) is 2. The van der Waals surface area contributed by atoms with Crippen LogP contribution < -0.4 is 5.32 Å². The lowest BCUT2D eigenvalue weighted by molar-refractivity contribution is 0.628. The van der Waals surface area contributed by atoms with Gasteiger partial charge in [0.15, 0.2) is 0 Å². The Kier molecular flexibility index (Phi) is 2.52. The number of benzene rings is 1. The molecule has 0 atom stereocenters. The Balaban J connectivity index is 1.89. The van der Waals surface area contributed by atoms with Crippen molar-refractivity contribution in [3.05, 3.63) is 35.1 Å². The molecule has 3 rings (SSSR count). The molecule has 1 aromatic heterocycles. The van der Waals surface area contributed by atoms with Gasteiger partial charge in [0, 0.05) is 17.7 Å². The number of rotatable bonds is 3. The van der Waals surface area contributed by atoms with Gasteiger partial charge in [0.1, 0.15) is 11.6 Å². The van der Waals surface area contributed by atoms with Crippen LogP contribution in [0, 0.1) is 5.82 Å². The summed E-state index contributed by atoms with van der Waals surface area (Å²) in [7, 11) is 0. The summed E-state index contributed by atoms with van der Waals surface area (Å²) in [6, 6.07) is 6.76. The highest BCUT2D eigenvalue weighted by molar-refractivity contribution is 6.33. The van der Waals surface area contributed by atoms with E-state index in [1.807, 2.05) is 6.07 Å². The van der Waals surface area contributed by atoms with E-state index in [0.717, 1.165) is 17.1 Å². The fourth-order valence-corrected chi connectivity index (χ4v) is 1.95. The fourth-order valence-electron chi connectivity index (χ4n) is 1.68. The third-order valence-corrected chi connectivity index (χ3v) is 3.04. The summed E-state index contributed by atoms with van der Waals surface area (Å²) in [5, 5.41) is 10.7. The van der Waals surface area contributed by atoms with Crippen molar-refractivity contribution in [2.75, 3.05) is 5.32 Å². The predicted octanol–water partition coefficient (Wildman–Crippen LogP) is 3.44. The van der Waals surface area contributed by atoms with Crippen LogP contribution in [0.15, 0.2) is 24.3 Å². The molecule has 88 valence electrons. The minimum absolute atomic E-state index is 0.338. The monoisotopic (exact) mass is 251 g/mol. The molecule has 0 spiro atoms. The molecule has 2 aromatic rings. The van der Waals surface area contributed by atoms with Gasteiger partial charge in [-0.05, 0) is 31.0 Å². The molecular weight excluding hydrogens is 241 g/mol. The normalized spacial score (nSPS) is 14.9. The van der Waals surface area contributed by atoms with Gasteiger partial charge >= 0.3 is 0 Å². The lowest BCUT2D eigenvalue weighted by Crippen LogP contribution is -2.00. The summed E-state index contributed by atoms with van der Waals surface area (Å²) < 4.78 is 12.9. The maximum Gasteiger partial charge on any atom is 0.148 e. The van der Waals surface area contributed by atoms with E-state index in [-0.39, 0.29) is 5.82 Å². The second-order valence-corrected chi connectivity index (χ2v) is 4.62. The number of H-pyrrole nitrogens is 1. The van der Waals surface area contributed by atoms with E-state index in [1.165, 1.54) is 25.0 Å². The summed E-state index contributed by atoms with van der Waals surface area (Å²) >= 11 is 5.98. The van der Waals surface area contributed by atoms with Gasteiger partial charge in [-0.2, -0.15) is 5.10 Å². The van der Waals surface area contributed by atoms with E-state index < -0.39 is 0 Å². The van der Waals surface area contributed by atoms with Crippen LogP contribution in [0.3, 0.4) is 0 Å². The van der Waals surface area contributed by atoms with Crippen LogP contribution in [0.5, 0.6) is 0 Å². The standard InChI is InChI=1S/C12H11ClFN3/c13-10-5-7(14)1-4-9(10)11-6-12(17-16-11)15-8-2-3-8/h1,4-6,8H,2-3H2,(H2,15,16,17). The van der Waals surface area contributed by atoms with Crippen LogP contribution in [-0.2, 0) is 0 Å². The lowest BCUT2D eigenvalue weighted by atomic mass is 10.1. The highest BCUT2D eigenvalue weighted by Crippen LogP contribution is 2.30. The molecule has 1 heterocycles. The summed E-state index contributed by atoms with van der Waals surface area (Å²) in [5.41, 5.74) is 1.54. The molecule has 0 amide bonds. The molecule has 0 unspecified atom stereocenters. The number of aromatic nitrogens is 2. The molecule has 1 aromatic carbocycles. The second kappa shape index (κ2) is 4.04. The van der Waals surface area contributed by atoms with Crippen LogP contribution in [0.4, 0.5) is 10.2 Å². The highest BCUT2D eigenvalue weighted by atomic mass is 35.5. The van der Waals surface area contributed by atoms with Gasteiger partial charge in [-0.15, -0.1) is 0 Å². The van der Waals surface area contributed by atoms with Gasteiger partial charge in [-0.1, -0.05) is 11.6 Å². The molecule has 1 aliphatic rings. The Labute approximate surface area is 103 Å². The first kappa shape index (κ1) is 10.6. The number of hydrogen-bond donors (Lipinski definition) is 2. The topological polar surface area (TPSA) is 40.7 Å². The summed E-state index contributed by atoms with van der Waals surface area (Å²) in [6.07, 6.45) is 2.39. The molecule has 1 saturated carbocycles. The SMILES string of the molecule is Fc1ccc(-c2cc(NC3CC3)n[nH]2)c(Cl)c1. The minimum atomic E-state index is -0.338. The molecule has 2 N–H and O–H groups in total. The summed E-state index contributed by atoms with van der Waals surface area (Å²) in [5.74, 6) is 0.470. The van der Waals surface area contributed by atoms with Crippen molar-refractivity contribution in [3.63, 3.8) is 0 Å². The Morgan fingerprint density at radius 3 is 2.88 bits per heavy atom. The molecule has 0 aliphatic heterocycles. The smallest absolute Gasteiger partial charge is 0.148 e. The molecule has 3 nitrogen and oxygen atoms in total. The van der Waals surface area contributed by atoms with E-state index in [2.05, 4.69) is 15.5 Å². The van der Waals surface area contributed by atoms with Gasteiger partial charge in [-0.25, -0.2) is 4.39 Å². The number of halogens is 2. The van der Waals surface area contributed by atoms with Crippen molar-refractivity contribution in [3.8, 4) is 11.3 Å². The number of anilines is 1. The first-order valence-corrected chi connectivity index (χ1v) is 5.87. The molecule has 0 bridgehead atoms. The van der Waals surface area contributed by atoms with Crippen molar-refractivity contribution in [2.45, 2.75) is 18.9 Å². The van der Waals surface area contributed by atoms with Gasteiger partial charge in [-0.3, -0.25) is 5.10 Å². The van der Waals surface area contributed by atoms with Crippen LogP contribution in [-0.4, -0.2) is 16.2 Å². The van der Waals surface area contributed by atoms with Gasteiger partial charge in [0.05, 0.1) is 10.7 Å². The van der Waals surface area contributed by atoms with E-state index in [9.17, 15) is 4.39 Å². The molecular formula is C12H11ClFN3. The molecule has 1 aliphatic carbocycles. The van der Waals surface area contributed by atoms with Crippen molar-refractivity contribution in [1.82, 2.24) is 10.2 Å². The van der Waals surface area contributed by atoms with E-state index >= 15 is 0 Å². The first-order valence-electron chi connectivity index (χ1n) is 5.50. The maximum absolute atomic E-state index is 12.9. The Hall–Kier alpha value is -1.55. The molecule has 0 saturated heterocycles. The highest BCUT2D eigenvalue weighted by Gasteiger charge is 2.22. The largest absolute Gasteiger partial charge is 0.366 e. The van der Waals surface area contributed by atoms with Crippen LogP contribution >= 0.6 is 11.6 Å². The quantitative estimate of drug-likeness (QED) is 0.877. The minimum Gasteiger partial charge on any atom is -0.366 e. The Morgan fingerprint density at radius 1 is 1.35 bits per heavy atom. The Morgan fingerprint density at radius 2 is 2.18 bits per heavy atom. The number of aromatic amines is 1. The molecule has 5 heteroatoms. The van der Waals surface area contributed by atoms with E-state index in [0.29, 0.717) is 11.1 Å². The first-order chi connectivity index (χ1) is 8.22. The van der Waals surface area contributed by atoms with Crippen molar-refractivity contribution in [1.29, 1.82) is 0 Å². The van der Waals surface area contributed by atoms with Crippen molar-refractivity contribution in [2.24, 2.45) is 0 Å².